The highest BCUT2D eigenvalue weighted by atomic mass is 79.9. The molecule has 3 atom stereocenters. The molecule has 0 amide bonds. The van der Waals surface area contributed by atoms with E-state index in [1.807, 2.05) is 18.2 Å². The normalized spacial score (nSPS) is 19.9. The maximum Gasteiger partial charge on any atom is 0.339 e. The maximum absolute atomic E-state index is 12.5. The van der Waals surface area contributed by atoms with E-state index >= 15 is 0 Å². The molecule has 1 N–H and O–H groups in total. The minimum absolute atomic E-state index is 0.00958. The lowest BCUT2D eigenvalue weighted by Crippen LogP contribution is -2.30. The number of halogens is 1. The molecule has 6 heteroatoms. The lowest BCUT2D eigenvalue weighted by Gasteiger charge is -2.38. The Morgan fingerprint density at radius 3 is 2.66 bits per heavy atom. The van der Waals surface area contributed by atoms with Crippen LogP contribution in [0.5, 0.6) is 11.5 Å². The number of anilines is 1. The van der Waals surface area contributed by atoms with Crippen LogP contribution in [0.4, 0.5) is 5.69 Å². The van der Waals surface area contributed by atoms with Gasteiger partial charge in [0.05, 0.1) is 36.0 Å². The summed E-state index contributed by atoms with van der Waals surface area (Å²) < 4.78 is 17.8. The van der Waals surface area contributed by atoms with Crippen LogP contribution in [0.15, 0.2) is 71.2 Å². The minimum atomic E-state index is -0.341. The van der Waals surface area contributed by atoms with Crippen molar-refractivity contribution < 1.29 is 19.0 Å². The van der Waals surface area contributed by atoms with E-state index in [0.29, 0.717) is 29.6 Å². The number of methoxy groups -OCH3 is 2. The molecule has 1 aliphatic heterocycles. The molecule has 0 saturated carbocycles. The topological polar surface area (TPSA) is 56.8 Å². The Balaban J connectivity index is 1.48. The number of hydrogen-bond donors (Lipinski definition) is 1. The number of fused-ring (bicyclic) bond motifs is 3. The summed E-state index contributed by atoms with van der Waals surface area (Å²) in [5.41, 5.74) is 5.90. The van der Waals surface area contributed by atoms with Gasteiger partial charge in [0, 0.05) is 5.92 Å². The van der Waals surface area contributed by atoms with Crippen LogP contribution >= 0.6 is 15.9 Å². The highest BCUT2D eigenvalue weighted by Crippen LogP contribution is 2.52. The zero-order valence-corrected chi connectivity index (χ0v) is 21.6. The fraction of sp³-hybridized carbons (Fsp3) is 0.276. The molecule has 0 aromatic heterocycles. The van der Waals surface area contributed by atoms with Crippen LogP contribution in [0.1, 0.15) is 51.0 Å². The summed E-state index contributed by atoms with van der Waals surface area (Å²) in [5.74, 6) is 1.55. The first-order valence-corrected chi connectivity index (χ1v) is 12.5. The van der Waals surface area contributed by atoms with E-state index in [2.05, 4.69) is 76.7 Å². The second-order valence-electron chi connectivity index (χ2n) is 9.05. The van der Waals surface area contributed by atoms with Crippen molar-refractivity contribution in [2.75, 3.05) is 19.5 Å². The standard InChI is InChI=1S/C29H28BrNO4/c1-17-10-12-18(13-11-17)16-35-28-24(30)14-19(15-25(28)33-2)26-21-7-4-6-20(21)22-8-5-9-23(27(22)31-26)29(32)34-3/h4-6,8-15,20-21,26,31H,7,16H2,1-3H3/t20-,21+,26+/m1/s1. The van der Waals surface area contributed by atoms with Gasteiger partial charge in [-0.05, 0) is 70.1 Å². The van der Waals surface area contributed by atoms with E-state index in [1.54, 1.807) is 7.11 Å². The second-order valence-corrected chi connectivity index (χ2v) is 9.90. The van der Waals surface area contributed by atoms with Crippen molar-refractivity contribution in [3.63, 3.8) is 0 Å². The fourth-order valence-electron chi connectivity index (χ4n) is 5.13. The number of ether oxygens (including phenoxy) is 3. The van der Waals surface area contributed by atoms with Gasteiger partial charge in [-0.3, -0.25) is 0 Å². The van der Waals surface area contributed by atoms with Crippen molar-refractivity contribution in [3.05, 3.63) is 99.0 Å². The summed E-state index contributed by atoms with van der Waals surface area (Å²) >= 11 is 3.72. The Morgan fingerprint density at radius 2 is 1.91 bits per heavy atom. The van der Waals surface area contributed by atoms with Gasteiger partial charge in [0.25, 0.3) is 0 Å². The Morgan fingerprint density at radius 1 is 1.11 bits per heavy atom. The lowest BCUT2D eigenvalue weighted by molar-refractivity contribution is 0.0601. The van der Waals surface area contributed by atoms with Crippen LogP contribution in [-0.2, 0) is 11.3 Å². The van der Waals surface area contributed by atoms with Gasteiger partial charge >= 0.3 is 5.97 Å². The number of carbonyl (C=O) groups is 1. The van der Waals surface area contributed by atoms with Crippen molar-refractivity contribution in [1.29, 1.82) is 0 Å². The van der Waals surface area contributed by atoms with E-state index < -0.39 is 0 Å². The molecule has 1 aliphatic carbocycles. The fourth-order valence-corrected chi connectivity index (χ4v) is 5.70. The quantitative estimate of drug-likeness (QED) is 0.274. The van der Waals surface area contributed by atoms with E-state index in [1.165, 1.54) is 12.7 Å². The molecule has 0 bridgehead atoms. The molecule has 1 heterocycles. The Hall–Kier alpha value is -3.25. The molecule has 35 heavy (non-hydrogen) atoms. The molecule has 3 aromatic rings. The van der Waals surface area contributed by atoms with Crippen LogP contribution < -0.4 is 14.8 Å². The molecule has 0 saturated heterocycles. The van der Waals surface area contributed by atoms with Crippen LogP contribution in [0, 0.1) is 12.8 Å². The Bertz CT molecular complexity index is 1280. The summed E-state index contributed by atoms with van der Waals surface area (Å²) in [5, 5.41) is 3.67. The van der Waals surface area contributed by atoms with Crippen LogP contribution in [0.25, 0.3) is 0 Å². The lowest BCUT2D eigenvalue weighted by atomic mass is 9.76. The zero-order valence-electron chi connectivity index (χ0n) is 20.0. The van der Waals surface area contributed by atoms with Crippen molar-refractivity contribution in [3.8, 4) is 11.5 Å². The molecular formula is C29H28BrNO4. The van der Waals surface area contributed by atoms with Gasteiger partial charge < -0.3 is 19.5 Å². The average molecular weight is 534 g/mol. The Kier molecular flexibility index (Phi) is 6.56. The molecule has 180 valence electrons. The maximum atomic E-state index is 12.5. The highest BCUT2D eigenvalue weighted by Gasteiger charge is 2.40. The SMILES string of the molecule is COC(=O)c1cccc2c1N[C@@H](c1cc(Br)c(OCc3ccc(C)cc3)c(OC)c1)[C@H]1CC=C[C@@H]21. The molecule has 0 unspecified atom stereocenters. The number of hydrogen-bond acceptors (Lipinski definition) is 5. The predicted molar refractivity (Wildman–Crippen MR) is 140 cm³/mol. The van der Waals surface area contributed by atoms with E-state index in [4.69, 9.17) is 14.2 Å². The molecular weight excluding hydrogens is 506 g/mol. The zero-order chi connectivity index (χ0) is 24.5. The van der Waals surface area contributed by atoms with E-state index in [9.17, 15) is 4.79 Å². The van der Waals surface area contributed by atoms with Gasteiger partial charge in [0.15, 0.2) is 11.5 Å². The van der Waals surface area contributed by atoms with Crippen molar-refractivity contribution in [1.82, 2.24) is 0 Å². The summed E-state index contributed by atoms with van der Waals surface area (Å²) in [6.07, 6.45) is 5.44. The molecule has 0 spiro atoms. The summed E-state index contributed by atoms with van der Waals surface area (Å²) in [6, 6.07) is 18.2. The van der Waals surface area contributed by atoms with E-state index in [-0.39, 0.29) is 17.9 Å². The summed E-state index contributed by atoms with van der Waals surface area (Å²) in [4.78, 5) is 12.5. The first-order valence-electron chi connectivity index (χ1n) is 11.7. The largest absolute Gasteiger partial charge is 0.493 e. The predicted octanol–water partition coefficient (Wildman–Crippen LogP) is 6.96. The number of allylic oxidation sites excluding steroid dienone is 2. The smallest absolute Gasteiger partial charge is 0.339 e. The van der Waals surface area contributed by atoms with Crippen LogP contribution in [0.2, 0.25) is 0 Å². The third-order valence-corrected chi connectivity index (χ3v) is 7.51. The van der Waals surface area contributed by atoms with Gasteiger partial charge in [-0.15, -0.1) is 0 Å². The summed E-state index contributed by atoms with van der Waals surface area (Å²) in [6.45, 7) is 2.51. The first-order chi connectivity index (χ1) is 17.0. The van der Waals surface area contributed by atoms with Gasteiger partial charge in [-0.2, -0.15) is 0 Å². The van der Waals surface area contributed by atoms with Crippen molar-refractivity contribution in [2.24, 2.45) is 5.92 Å². The average Bonchev–Trinajstić information content (AvgIpc) is 3.37. The number of aryl methyl sites for hydroxylation is 1. The number of nitrogens with one attached hydrogen (secondary N) is 1. The second kappa shape index (κ2) is 9.78. The minimum Gasteiger partial charge on any atom is -0.493 e. The molecule has 0 radical (unpaired) electrons. The van der Waals surface area contributed by atoms with Gasteiger partial charge in [-0.25, -0.2) is 4.79 Å². The van der Waals surface area contributed by atoms with Gasteiger partial charge in [0.2, 0.25) is 0 Å². The number of benzene rings is 3. The summed E-state index contributed by atoms with van der Waals surface area (Å²) in [7, 11) is 3.07. The van der Waals surface area contributed by atoms with Gasteiger partial charge in [-0.1, -0.05) is 54.1 Å². The molecule has 5 nitrogen and oxygen atoms in total. The third kappa shape index (κ3) is 4.43. The van der Waals surface area contributed by atoms with Crippen molar-refractivity contribution >= 4 is 27.6 Å². The number of esters is 1. The van der Waals surface area contributed by atoms with Crippen LogP contribution in [-0.4, -0.2) is 20.2 Å². The Labute approximate surface area is 214 Å². The number of carbonyl (C=O) groups excluding carboxylic acids is 1. The molecule has 0 fully saturated rings. The third-order valence-electron chi connectivity index (χ3n) is 6.92. The van der Waals surface area contributed by atoms with Crippen LogP contribution in [0.3, 0.4) is 0 Å². The first kappa shape index (κ1) is 23.5. The molecule has 2 aliphatic rings. The van der Waals surface area contributed by atoms with Crippen molar-refractivity contribution in [2.45, 2.75) is 31.9 Å². The molecule has 3 aromatic carbocycles. The monoisotopic (exact) mass is 533 g/mol. The highest BCUT2D eigenvalue weighted by molar-refractivity contribution is 9.10. The molecule has 5 rings (SSSR count). The van der Waals surface area contributed by atoms with Gasteiger partial charge in [0.1, 0.15) is 6.61 Å². The number of para-hydroxylation sites is 1. The van der Waals surface area contributed by atoms with E-state index in [0.717, 1.165) is 33.3 Å². The number of rotatable bonds is 6.